The number of aromatic nitrogens is 3. The average Bonchev–Trinajstić information content (AvgIpc) is 3.23. The van der Waals surface area contributed by atoms with Crippen molar-refractivity contribution < 1.29 is 14.3 Å². The third-order valence-corrected chi connectivity index (χ3v) is 5.88. The summed E-state index contributed by atoms with van der Waals surface area (Å²) >= 11 is 1.27. The van der Waals surface area contributed by atoms with E-state index in [0.29, 0.717) is 52.8 Å². The first kappa shape index (κ1) is 21.6. The number of nitrogens with one attached hydrogen (secondary N) is 3. The molecule has 0 saturated heterocycles. The zero-order valence-electron chi connectivity index (χ0n) is 17.2. The third-order valence-electron chi connectivity index (χ3n) is 4.73. The molecule has 0 amide bonds. The van der Waals surface area contributed by atoms with E-state index < -0.39 is 0 Å². The molecule has 10 heteroatoms. The lowest BCUT2D eigenvalue weighted by Gasteiger charge is -2.08. The lowest BCUT2D eigenvalue weighted by molar-refractivity contribution is 0.234. The predicted molar refractivity (Wildman–Crippen MR) is 122 cm³/mol. The minimum atomic E-state index is -0.282. The Morgan fingerprint density at radius 1 is 1.22 bits per heavy atom. The van der Waals surface area contributed by atoms with Crippen LogP contribution >= 0.6 is 11.3 Å². The maximum Gasteiger partial charge on any atom is 0.163 e. The molecule has 32 heavy (non-hydrogen) atoms. The standard InChI is InChI=1S/C22H21FN6O2S/c1-2-31-18-11-19(32-21(18)22(24)29-30)17-10-20(28-12-27-17)26-7-5-13-8-14-4-3-6-25-16(14)9-15(13)23/h3-4,6,8-12,30H,2,5,7H2,1H3,(H2,24,29)(H,26,27,28). The highest BCUT2D eigenvalue weighted by Crippen LogP contribution is 2.36. The van der Waals surface area contributed by atoms with E-state index in [0.717, 1.165) is 10.3 Å². The maximum atomic E-state index is 14.4. The first-order valence-corrected chi connectivity index (χ1v) is 10.8. The van der Waals surface area contributed by atoms with Gasteiger partial charge in [0.2, 0.25) is 0 Å². The van der Waals surface area contributed by atoms with Gasteiger partial charge in [-0.3, -0.25) is 21.1 Å². The van der Waals surface area contributed by atoms with Gasteiger partial charge in [-0.25, -0.2) is 14.4 Å². The molecule has 4 N–H and O–H groups in total. The largest absolute Gasteiger partial charge is 0.492 e. The van der Waals surface area contributed by atoms with Gasteiger partial charge in [-0.2, -0.15) is 0 Å². The maximum absolute atomic E-state index is 14.4. The molecule has 0 saturated carbocycles. The van der Waals surface area contributed by atoms with Crippen LogP contribution in [0.1, 0.15) is 17.4 Å². The molecule has 1 aromatic carbocycles. The van der Waals surface area contributed by atoms with Crippen LogP contribution in [0.25, 0.3) is 21.5 Å². The van der Waals surface area contributed by atoms with E-state index in [-0.39, 0.29) is 11.7 Å². The Morgan fingerprint density at radius 3 is 2.91 bits per heavy atom. The summed E-state index contributed by atoms with van der Waals surface area (Å²) < 4.78 is 20.0. The average molecular weight is 453 g/mol. The number of hydrogen-bond acceptors (Lipinski definition) is 8. The molecule has 4 rings (SSSR count). The van der Waals surface area contributed by atoms with Crippen LogP contribution in [0.2, 0.25) is 0 Å². The molecule has 0 aliphatic rings. The van der Waals surface area contributed by atoms with E-state index >= 15 is 0 Å². The lowest BCUT2D eigenvalue weighted by atomic mass is 10.1. The zero-order chi connectivity index (χ0) is 22.5. The third kappa shape index (κ3) is 4.66. The molecular weight excluding hydrogens is 431 g/mol. The summed E-state index contributed by atoms with van der Waals surface area (Å²) in [6.45, 7) is 2.76. The highest BCUT2D eigenvalue weighted by molar-refractivity contribution is 7.17. The molecule has 0 fully saturated rings. The zero-order valence-corrected chi connectivity index (χ0v) is 18.0. The summed E-state index contributed by atoms with van der Waals surface area (Å²) in [6.07, 6.45) is 3.56. The fourth-order valence-corrected chi connectivity index (χ4v) is 4.20. The van der Waals surface area contributed by atoms with Crippen molar-refractivity contribution in [1.82, 2.24) is 20.4 Å². The Balaban J connectivity index is 1.48. The van der Waals surface area contributed by atoms with Crippen molar-refractivity contribution in [2.24, 2.45) is 0 Å². The Morgan fingerprint density at radius 2 is 2.09 bits per heavy atom. The van der Waals surface area contributed by atoms with Gasteiger partial charge in [0, 0.05) is 36.3 Å². The normalized spacial score (nSPS) is 10.8. The van der Waals surface area contributed by atoms with E-state index in [2.05, 4.69) is 20.3 Å². The monoisotopic (exact) mass is 452 g/mol. The molecule has 164 valence electrons. The van der Waals surface area contributed by atoms with Gasteiger partial charge in [0.15, 0.2) is 5.84 Å². The number of ether oxygens (including phenoxy) is 1. The molecule has 8 nitrogen and oxygen atoms in total. The van der Waals surface area contributed by atoms with Crippen molar-refractivity contribution in [2.75, 3.05) is 18.5 Å². The van der Waals surface area contributed by atoms with Crippen LogP contribution in [0.3, 0.4) is 0 Å². The predicted octanol–water partition coefficient (Wildman–Crippen LogP) is 4.25. The Bertz CT molecular complexity index is 1260. The Hall–Kier alpha value is -3.63. The van der Waals surface area contributed by atoms with Gasteiger partial charge in [-0.05, 0) is 31.0 Å². The topological polar surface area (TPSA) is 116 Å². The number of benzene rings is 1. The molecule has 0 spiro atoms. The number of hydrogen-bond donors (Lipinski definition) is 4. The van der Waals surface area contributed by atoms with Crippen LogP contribution in [0, 0.1) is 11.2 Å². The first-order chi connectivity index (χ1) is 15.6. The van der Waals surface area contributed by atoms with Crippen LogP contribution in [0.4, 0.5) is 10.2 Å². The number of thiophene rings is 1. The van der Waals surface area contributed by atoms with E-state index in [1.165, 1.54) is 23.7 Å². The summed E-state index contributed by atoms with van der Waals surface area (Å²) in [4.78, 5) is 14.0. The Labute approximate surface area is 187 Å². The smallest absolute Gasteiger partial charge is 0.163 e. The van der Waals surface area contributed by atoms with Crippen molar-refractivity contribution in [2.45, 2.75) is 13.3 Å². The minimum Gasteiger partial charge on any atom is -0.492 e. The van der Waals surface area contributed by atoms with Crippen LogP contribution in [0.5, 0.6) is 5.75 Å². The summed E-state index contributed by atoms with van der Waals surface area (Å²) in [7, 11) is 0. The highest BCUT2D eigenvalue weighted by Gasteiger charge is 2.16. The number of amidine groups is 1. The van der Waals surface area contributed by atoms with Gasteiger partial charge in [0.05, 0.1) is 22.7 Å². The number of rotatable bonds is 8. The molecular formula is C22H21FN6O2S. The van der Waals surface area contributed by atoms with E-state index in [1.54, 1.807) is 18.3 Å². The second-order valence-corrected chi connectivity index (χ2v) is 7.88. The van der Waals surface area contributed by atoms with E-state index in [9.17, 15) is 4.39 Å². The molecule has 0 atom stereocenters. The number of hydroxylamine groups is 1. The van der Waals surface area contributed by atoms with Crippen molar-refractivity contribution in [1.29, 1.82) is 5.41 Å². The second-order valence-electron chi connectivity index (χ2n) is 6.83. The van der Waals surface area contributed by atoms with Gasteiger partial charge < -0.3 is 10.1 Å². The van der Waals surface area contributed by atoms with Gasteiger partial charge >= 0.3 is 0 Å². The fourth-order valence-electron chi connectivity index (χ4n) is 3.24. The second kappa shape index (κ2) is 9.67. The molecule has 3 aromatic heterocycles. The summed E-state index contributed by atoms with van der Waals surface area (Å²) in [5, 5.41) is 21.0. The Kier molecular flexibility index (Phi) is 6.52. The molecule has 0 aliphatic heterocycles. The number of fused-ring (bicyclic) bond motifs is 1. The number of nitrogens with zero attached hydrogens (tertiary/aromatic N) is 3. The minimum absolute atomic E-state index is 0.148. The van der Waals surface area contributed by atoms with Crippen LogP contribution in [0.15, 0.2) is 48.9 Å². The SMILES string of the molecule is CCOc1cc(-c2cc(NCCc3cc4cccnc4cc3F)ncn2)sc1C(=N)NO. The summed E-state index contributed by atoms with van der Waals surface area (Å²) in [5.74, 6) is 0.662. The van der Waals surface area contributed by atoms with Crippen LogP contribution in [-0.4, -0.2) is 39.1 Å². The number of anilines is 1. The van der Waals surface area contributed by atoms with Crippen LogP contribution < -0.4 is 15.5 Å². The van der Waals surface area contributed by atoms with Crippen molar-refractivity contribution in [3.63, 3.8) is 0 Å². The van der Waals surface area contributed by atoms with Crippen molar-refractivity contribution >= 4 is 33.9 Å². The summed E-state index contributed by atoms with van der Waals surface area (Å²) in [5.41, 5.74) is 3.73. The first-order valence-electron chi connectivity index (χ1n) is 9.94. The lowest BCUT2D eigenvalue weighted by Crippen LogP contribution is -2.18. The van der Waals surface area contributed by atoms with Crippen molar-refractivity contribution in [3.8, 4) is 16.3 Å². The highest BCUT2D eigenvalue weighted by atomic mass is 32.1. The number of halogens is 1. The van der Waals surface area contributed by atoms with Crippen molar-refractivity contribution in [3.05, 3.63) is 65.2 Å². The van der Waals surface area contributed by atoms with Crippen LogP contribution in [-0.2, 0) is 6.42 Å². The molecule has 0 radical (unpaired) electrons. The molecule has 3 heterocycles. The van der Waals surface area contributed by atoms with Gasteiger partial charge in [-0.1, -0.05) is 6.07 Å². The molecule has 4 aromatic rings. The fraction of sp³-hybridized carbons (Fsp3) is 0.182. The van der Waals surface area contributed by atoms with Gasteiger partial charge in [-0.15, -0.1) is 11.3 Å². The summed E-state index contributed by atoms with van der Waals surface area (Å²) in [6, 6.07) is 10.6. The molecule has 0 unspecified atom stereocenters. The van der Waals surface area contributed by atoms with E-state index in [4.69, 9.17) is 15.4 Å². The number of pyridine rings is 1. The quantitative estimate of drug-likeness (QED) is 0.179. The van der Waals surface area contributed by atoms with Gasteiger partial charge in [0.1, 0.15) is 28.6 Å². The molecule has 0 aliphatic carbocycles. The molecule has 0 bridgehead atoms. The van der Waals surface area contributed by atoms with Gasteiger partial charge in [0.25, 0.3) is 0 Å². The van der Waals surface area contributed by atoms with E-state index in [1.807, 2.05) is 30.6 Å².